The minimum Gasteiger partial charge on any atom is -0.465 e. The second kappa shape index (κ2) is 5.95. The van der Waals surface area contributed by atoms with E-state index in [0.29, 0.717) is 27.9 Å². The average Bonchev–Trinajstić information content (AvgIpc) is 2.62. The molecule has 142 valence electrons. The number of carbonyl (C=O) groups excluding carboxylic acids is 1. The van der Waals surface area contributed by atoms with Gasteiger partial charge in [0.2, 0.25) is 0 Å². The predicted molar refractivity (Wildman–Crippen MR) is 103 cm³/mol. The highest BCUT2D eigenvalue weighted by atomic mass is 79.9. The van der Waals surface area contributed by atoms with Gasteiger partial charge in [-0.15, -0.1) is 0 Å². The number of pyridine rings is 2. The topological polar surface area (TPSA) is 99.0 Å². The van der Waals surface area contributed by atoms with Gasteiger partial charge in [0, 0.05) is 26.7 Å². The van der Waals surface area contributed by atoms with Crippen molar-refractivity contribution in [2.24, 2.45) is 7.05 Å². The van der Waals surface area contributed by atoms with Crippen molar-refractivity contribution >= 4 is 50.3 Å². The number of aryl methyl sites for hydroxylation is 1. The summed E-state index contributed by atoms with van der Waals surface area (Å²) in [6, 6.07) is 2.55. The molecule has 2 aliphatic heterocycles. The second-order valence-corrected chi connectivity index (χ2v) is 7.72. The van der Waals surface area contributed by atoms with Gasteiger partial charge in [0.25, 0.3) is 11.5 Å². The highest BCUT2D eigenvalue weighted by Gasteiger charge is 2.46. The summed E-state index contributed by atoms with van der Waals surface area (Å²) in [6.07, 6.45) is -1.06. The molecule has 4 heterocycles. The van der Waals surface area contributed by atoms with Crippen LogP contribution in [0.5, 0.6) is 0 Å². The summed E-state index contributed by atoms with van der Waals surface area (Å²) >= 11 is 3.38. The number of carbonyl (C=O) groups is 2. The van der Waals surface area contributed by atoms with E-state index in [-0.39, 0.29) is 29.7 Å². The zero-order valence-corrected chi connectivity index (χ0v) is 16.6. The SMILES string of the molecule is C[C@@H]1CN2c3c(c(=O)n(C)c4ccc(Br)nc34)N(C)C(=O)[C@H]2CN1C(=O)O. The Morgan fingerprint density at radius 3 is 2.59 bits per heavy atom. The van der Waals surface area contributed by atoms with Crippen LogP contribution >= 0.6 is 15.9 Å². The Morgan fingerprint density at radius 2 is 1.93 bits per heavy atom. The molecule has 2 aromatic heterocycles. The maximum Gasteiger partial charge on any atom is 0.407 e. The average molecular weight is 436 g/mol. The van der Waals surface area contributed by atoms with E-state index in [2.05, 4.69) is 20.9 Å². The third-order valence-corrected chi connectivity index (χ3v) is 5.82. The molecule has 10 heteroatoms. The van der Waals surface area contributed by atoms with E-state index in [9.17, 15) is 19.5 Å². The van der Waals surface area contributed by atoms with Gasteiger partial charge in [-0.25, -0.2) is 9.78 Å². The number of anilines is 2. The van der Waals surface area contributed by atoms with Crippen LogP contribution in [-0.4, -0.2) is 63.8 Å². The molecule has 27 heavy (non-hydrogen) atoms. The monoisotopic (exact) mass is 435 g/mol. The highest BCUT2D eigenvalue weighted by Crippen LogP contribution is 2.40. The number of hydrogen-bond acceptors (Lipinski definition) is 5. The van der Waals surface area contributed by atoms with Crippen molar-refractivity contribution in [2.75, 3.05) is 29.9 Å². The summed E-state index contributed by atoms with van der Waals surface area (Å²) in [5, 5.41) is 9.45. The number of amides is 2. The quantitative estimate of drug-likeness (QED) is 0.624. The van der Waals surface area contributed by atoms with E-state index < -0.39 is 12.1 Å². The molecule has 0 saturated carbocycles. The number of halogens is 1. The predicted octanol–water partition coefficient (Wildman–Crippen LogP) is 1.23. The van der Waals surface area contributed by atoms with Crippen LogP contribution in [0.2, 0.25) is 0 Å². The fraction of sp³-hybridized carbons (Fsp3) is 0.412. The number of aromatic nitrogens is 2. The number of nitrogens with zero attached hydrogens (tertiary/aromatic N) is 5. The lowest BCUT2D eigenvalue weighted by Crippen LogP contribution is -2.66. The molecule has 1 saturated heterocycles. The van der Waals surface area contributed by atoms with Crippen molar-refractivity contribution < 1.29 is 14.7 Å². The normalized spacial score (nSPS) is 22.1. The maximum absolute atomic E-state index is 13.0. The third kappa shape index (κ3) is 2.43. The Kier molecular flexibility index (Phi) is 3.91. The lowest BCUT2D eigenvalue weighted by molar-refractivity contribution is -0.120. The van der Waals surface area contributed by atoms with Crippen LogP contribution in [0.4, 0.5) is 16.2 Å². The van der Waals surface area contributed by atoms with Gasteiger partial charge in [-0.2, -0.15) is 0 Å². The number of fused-ring (bicyclic) bond motifs is 5. The summed E-state index contributed by atoms with van der Waals surface area (Å²) in [6.45, 7) is 2.14. The molecule has 9 nitrogen and oxygen atoms in total. The molecule has 2 aliphatic rings. The van der Waals surface area contributed by atoms with E-state index in [1.165, 1.54) is 14.4 Å². The van der Waals surface area contributed by atoms with Crippen molar-refractivity contribution in [3.8, 4) is 0 Å². The van der Waals surface area contributed by atoms with Crippen LogP contribution < -0.4 is 15.4 Å². The first kappa shape index (κ1) is 17.8. The summed E-state index contributed by atoms with van der Waals surface area (Å²) in [7, 11) is 3.20. The van der Waals surface area contributed by atoms with Gasteiger partial charge in [-0.05, 0) is 35.0 Å². The molecule has 0 radical (unpaired) electrons. The van der Waals surface area contributed by atoms with Crippen LogP contribution in [0, 0.1) is 0 Å². The third-order valence-electron chi connectivity index (χ3n) is 5.38. The van der Waals surface area contributed by atoms with Crippen LogP contribution in [0.15, 0.2) is 21.5 Å². The van der Waals surface area contributed by atoms with Gasteiger partial charge in [0.1, 0.15) is 21.8 Å². The minimum absolute atomic E-state index is 0.0455. The van der Waals surface area contributed by atoms with E-state index >= 15 is 0 Å². The number of likely N-dealkylation sites (N-methyl/N-ethyl adjacent to an activating group) is 1. The van der Waals surface area contributed by atoms with Crippen molar-refractivity contribution in [3.05, 3.63) is 27.1 Å². The van der Waals surface area contributed by atoms with Crippen molar-refractivity contribution in [1.29, 1.82) is 0 Å². The van der Waals surface area contributed by atoms with Gasteiger partial charge in [-0.1, -0.05) is 0 Å². The molecule has 1 N–H and O–H groups in total. The Bertz CT molecular complexity index is 1050. The number of rotatable bonds is 0. The van der Waals surface area contributed by atoms with Gasteiger partial charge in [0.15, 0.2) is 0 Å². The van der Waals surface area contributed by atoms with E-state index in [1.807, 2.05) is 4.90 Å². The molecule has 0 aromatic carbocycles. The van der Waals surface area contributed by atoms with Crippen LogP contribution in [-0.2, 0) is 11.8 Å². The molecule has 0 unspecified atom stereocenters. The molecule has 2 amide bonds. The van der Waals surface area contributed by atoms with Crippen LogP contribution in [0.25, 0.3) is 11.0 Å². The Labute approximate surface area is 162 Å². The van der Waals surface area contributed by atoms with Gasteiger partial charge < -0.3 is 24.4 Å². The Balaban J connectivity index is 2.02. The minimum atomic E-state index is -1.06. The van der Waals surface area contributed by atoms with Gasteiger partial charge in [0.05, 0.1) is 17.7 Å². The summed E-state index contributed by atoms with van der Waals surface area (Å²) in [4.78, 5) is 46.5. The number of carboxylic acid groups (broad SMARTS) is 1. The zero-order valence-electron chi connectivity index (χ0n) is 15.0. The Hall–Kier alpha value is -2.62. The van der Waals surface area contributed by atoms with Gasteiger partial charge >= 0.3 is 6.09 Å². The molecular formula is C17H18BrN5O4. The molecule has 0 bridgehead atoms. The van der Waals surface area contributed by atoms with Crippen LogP contribution in [0.1, 0.15) is 6.92 Å². The largest absolute Gasteiger partial charge is 0.465 e. The number of piperazine rings is 1. The fourth-order valence-corrected chi connectivity index (χ4v) is 4.27. The molecule has 0 spiro atoms. The highest BCUT2D eigenvalue weighted by molar-refractivity contribution is 9.10. The first-order valence-electron chi connectivity index (χ1n) is 8.45. The van der Waals surface area contributed by atoms with Crippen LogP contribution in [0.3, 0.4) is 0 Å². The maximum atomic E-state index is 13.0. The first-order valence-corrected chi connectivity index (χ1v) is 9.24. The van der Waals surface area contributed by atoms with Gasteiger partial charge in [-0.3, -0.25) is 9.59 Å². The molecule has 2 aromatic rings. The summed E-state index contributed by atoms with van der Waals surface area (Å²) < 4.78 is 2.10. The smallest absolute Gasteiger partial charge is 0.407 e. The first-order chi connectivity index (χ1) is 12.7. The van der Waals surface area contributed by atoms with E-state index in [1.54, 1.807) is 33.2 Å². The zero-order chi connectivity index (χ0) is 19.6. The molecule has 1 fully saturated rings. The van der Waals surface area contributed by atoms with Crippen molar-refractivity contribution in [1.82, 2.24) is 14.5 Å². The Morgan fingerprint density at radius 1 is 1.22 bits per heavy atom. The fourth-order valence-electron chi connectivity index (χ4n) is 3.96. The second-order valence-electron chi connectivity index (χ2n) is 6.91. The lowest BCUT2D eigenvalue weighted by Gasteiger charge is -2.49. The lowest BCUT2D eigenvalue weighted by atomic mass is 10.0. The number of hydrogen-bond donors (Lipinski definition) is 1. The van der Waals surface area contributed by atoms with Crippen molar-refractivity contribution in [2.45, 2.75) is 19.0 Å². The van der Waals surface area contributed by atoms with E-state index in [4.69, 9.17) is 0 Å². The molecule has 0 aliphatic carbocycles. The molecular weight excluding hydrogens is 418 g/mol. The molecule has 2 atom stereocenters. The summed E-state index contributed by atoms with van der Waals surface area (Å²) in [5.74, 6) is -0.299. The van der Waals surface area contributed by atoms with Crippen molar-refractivity contribution in [3.63, 3.8) is 0 Å². The standard InChI is InChI=1S/C17H18BrN5O4/c1-8-6-23-10(7-22(8)17(26)27)15(24)21(3)14-13(23)12-9(20(2)16(14)25)4-5-11(18)19-12/h4-5,8,10H,6-7H2,1-3H3,(H,26,27)/t8-,10-/m1/s1. The summed E-state index contributed by atoms with van der Waals surface area (Å²) in [5.41, 5.74) is 1.81. The molecule has 4 rings (SSSR count). The van der Waals surface area contributed by atoms with E-state index in [0.717, 1.165) is 0 Å².